The minimum absolute atomic E-state index is 0.233. The lowest BCUT2D eigenvalue weighted by molar-refractivity contribution is 0.627. The molecule has 0 spiro atoms. The van der Waals surface area contributed by atoms with Crippen LogP contribution in [-0.2, 0) is 6.54 Å². The van der Waals surface area contributed by atoms with Gasteiger partial charge < -0.3 is 10.6 Å². The molecule has 1 aromatic heterocycles. The molecule has 0 aliphatic heterocycles. The predicted molar refractivity (Wildman–Crippen MR) is 67.2 cm³/mol. The minimum Gasteiger partial charge on any atom is -0.384 e. The second kappa shape index (κ2) is 4.82. The molecule has 2 rings (SSSR count). The summed E-state index contributed by atoms with van der Waals surface area (Å²) in [5.74, 6) is 0.263. The molecule has 0 saturated heterocycles. The van der Waals surface area contributed by atoms with Gasteiger partial charge in [-0.05, 0) is 35.9 Å². The van der Waals surface area contributed by atoms with Gasteiger partial charge in [0.15, 0.2) is 0 Å². The van der Waals surface area contributed by atoms with E-state index in [0.717, 1.165) is 11.3 Å². The monoisotopic (exact) mass is 231 g/mol. The second-order valence-corrected chi connectivity index (χ2v) is 3.92. The molecule has 0 amide bonds. The maximum absolute atomic E-state index is 13.1. The minimum atomic E-state index is -0.233. The first kappa shape index (κ1) is 11.4. The van der Waals surface area contributed by atoms with Gasteiger partial charge >= 0.3 is 0 Å². The molecule has 2 aromatic rings. The zero-order valence-electron chi connectivity index (χ0n) is 9.60. The molecule has 1 heterocycles. The van der Waals surface area contributed by atoms with Gasteiger partial charge in [0.2, 0.25) is 0 Å². The van der Waals surface area contributed by atoms with E-state index >= 15 is 0 Å². The summed E-state index contributed by atoms with van der Waals surface area (Å²) in [6, 6.07) is 10.2. The molecule has 2 N–H and O–H groups in total. The molecule has 3 nitrogen and oxygen atoms in total. The third kappa shape index (κ3) is 2.93. The van der Waals surface area contributed by atoms with E-state index in [0.29, 0.717) is 12.4 Å². The third-order valence-corrected chi connectivity index (χ3v) is 2.51. The number of rotatable bonds is 3. The largest absolute Gasteiger partial charge is 0.384 e. The lowest BCUT2D eigenvalue weighted by Crippen LogP contribution is -2.16. The molecular weight excluding hydrogens is 217 g/mol. The molecule has 0 aliphatic rings. The van der Waals surface area contributed by atoms with Crippen molar-refractivity contribution in [2.24, 2.45) is 0 Å². The number of nitrogens with two attached hydrogens (primary N) is 1. The van der Waals surface area contributed by atoms with Crippen molar-refractivity contribution in [3.63, 3.8) is 0 Å². The summed E-state index contributed by atoms with van der Waals surface area (Å²) < 4.78 is 13.1. The van der Waals surface area contributed by atoms with Gasteiger partial charge in [-0.2, -0.15) is 0 Å². The molecule has 17 heavy (non-hydrogen) atoms. The van der Waals surface area contributed by atoms with E-state index < -0.39 is 0 Å². The van der Waals surface area contributed by atoms with E-state index in [2.05, 4.69) is 4.98 Å². The summed E-state index contributed by atoms with van der Waals surface area (Å²) in [7, 11) is 1.91. The molecule has 0 aliphatic carbocycles. The Morgan fingerprint density at radius 2 is 2.12 bits per heavy atom. The van der Waals surface area contributed by atoms with Crippen molar-refractivity contribution in [1.29, 1.82) is 0 Å². The van der Waals surface area contributed by atoms with Crippen LogP contribution in [0.5, 0.6) is 0 Å². The van der Waals surface area contributed by atoms with Crippen LogP contribution in [0.1, 0.15) is 5.56 Å². The van der Waals surface area contributed by atoms with Crippen LogP contribution < -0.4 is 10.6 Å². The average Bonchev–Trinajstić information content (AvgIpc) is 2.29. The lowest BCUT2D eigenvalue weighted by atomic mass is 10.2. The van der Waals surface area contributed by atoms with Gasteiger partial charge in [0.25, 0.3) is 0 Å². The second-order valence-electron chi connectivity index (χ2n) is 3.92. The molecule has 0 bridgehead atoms. The Balaban J connectivity index is 2.14. The highest BCUT2D eigenvalue weighted by Crippen LogP contribution is 2.16. The van der Waals surface area contributed by atoms with Gasteiger partial charge in [-0.25, -0.2) is 9.37 Å². The van der Waals surface area contributed by atoms with Crippen LogP contribution in [0.2, 0.25) is 0 Å². The fourth-order valence-corrected chi connectivity index (χ4v) is 1.67. The highest BCUT2D eigenvalue weighted by atomic mass is 19.1. The summed E-state index contributed by atoms with van der Waals surface area (Å²) in [6.45, 7) is 0.663. The smallest absolute Gasteiger partial charge is 0.125 e. The van der Waals surface area contributed by atoms with Gasteiger partial charge in [-0.1, -0.05) is 6.07 Å². The maximum Gasteiger partial charge on any atom is 0.125 e. The number of pyridine rings is 1. The van der Waals surface area contributed by atoms with Crippen molar-refractivity contribution in [3.05, 3.63) is 54.0 Å². The SMILES string of the molecule is CN(Cc1ccnc(N)c1)c1cccc(F)c1. The van der Waals surface area contributed by atoms with Gasteiger partial charge in [-0.3, -0.25) is 0 Å². The molecule has 88 valence electrons. The van der Waals surface area contributed by atoms with E-state index in [-0.39, 0.29) is 5.82 Å². The number of nitrogens with zero attached hydrogens (tertiary/aromatic N) is 2. The fourth-order valence-electron chi connectivity index (χ4n) is 1.67. The molecular formula is C13H14FN3. The Bertz CT molecular complexity index is 514. The summed E-state index contributed by atoms with van der Waals surface area (Å²) >= 11 is 0. The molecule has 0 radical (unpaired) electrons. The fraction of sp³-hybridized carbons (Fsp3) is 0.154. The number of aromatic nitrogens is 1. The number of hydrogen-bond acceptors (Lipinski definition) is 3. The van der Waals surface area contributed by atoms with Crippen molar-refractivity contribution >= 4 is 11.5 Å². The van der Waals surface area contributed by atoms with Crippen LogP contribution in [0.3, 0.4) is 0 Å². The summed E-state index contributed by atoms with van der Waals surface area (Å²) in [4.78, 5) is 5.89. The molecule has 0 saturated carbocycles. The average molecular weight is 231 g/mol. The van der Waals surface area contributed by atoms with Crippen molar-refractivity contribution in [3.8, 4) is 0 Å². The molecule has 1 aromatic carbocycles. The van der Waals surface area contributed by atoms with Crippen LogP contribution in [0, 0.1) is 5.82 Å². The Labute approximate surface area is 99.7 Å². The van der Waals surface area contributed by atoms with E-state index in [1.165, 1.54) is 12.1 Å². The maximum atomic E-state index is 13.1. The van der Waals surface area contributed by atoms with Crippen molar-refractivity contribution in [2.45, 2.75) is 6.54 Å². The summed E-state index contributed by atoms with van der Waals surface area (Å²) in [6.07, 6.45) is 1.67. The predicted octanol–water partition coefficient (Wildman–Crippen LogP) is 2.44. The number of halogens is 1. The van der Waals surface area contributed by atoms with Crippen molar-refractivity contribution in [1.82, 2.24) is 4.98 Å². The zero-order chi connectivity index (χ0) is 12.3. The number of nitrogen functional groups attached to an aromatic ring is 1. The Hall–Kier alpha value is -2.10. The Morgan fingerprint density at radius 3 is 2.82 bits per heavy atom. The van der Waals surface area contributed by atoms with Gasteiger partial charge in [0.1, 0.15) is 11.6 Å². The topological polar surface area (TPSA) is 42.2 Å². The summed E-state index contributed by atoms with van der Waals surface area (Å²) in [5, 5.41) is 0. The van der Waals surface area contributed by atoms with Crippen LogP contribution in [0.25, 0.3) is 0 Å². The molecule has 4 heteroatoms. The van der Waals surface area contributed by atoms with Crippen molar-refractivity contribution < 1.29 is 4.39 Å². The van der Waals surface area contributed by atoms with Gasteiger partial charge in [0, 0.05) is 25.5 Å². The van der Waals surface area contributed by atoms with E-state index in [4.69, 9.17) is 5.73 Å². The first-order valence-corrected chi connectivity index (χ1v) is 5.32. The van der Waals surface area contributed by atoms with Crippen LogP contribution in [-0.4, -0.2) is 12.0 Å². The molecule has 0 unspecified atom stereocenters. The summed E-state index contributed by atoms with van der Waals surface area (Å²) in [5.41, 5.74) is 7.49. The first-order chi connectivity index (χ1) is 8.15. The van der Waals surface area contributed by atoms with Gasteiger partial charge in [0.05, 0.1) is 0 Å². The highest BCUT2D eigenvalue weighted by Gasteiger charge is 2.03. The van der Waals surface area contributed by atoms with E-state index in [1.807, 2.05) is 30.1 Å². The Morgan fingerprint density at radius 1 is 1.29 bits per heavy atom. The number of benzene rings is 1. The lowest BCUT2D eigenvalue weighted by Gasteiger charge is -2.19. The quantitative estimate of drug-likeness (QED) is 0.882. The van der Waals surface area contributed by atoms with Crippen LogP contribution in [0.15, 0.2) is 42.6 Å². The van der Waals surface area contributed by atoms with Crippen LogP contribution in [0.4, 0.5) is 15.9 Å². The number of hydrogen-bond donors (Lipinski definition) is 1. The third-order valence-electron chi connectivity index (χ3n) is 2.51. The molecule has 0 atom stereocenters. The standard InChI is InChI=1S/C13H14FN3/c1-17(12-4-2-3-11(14)8-12)9-10-5-6-16-13(15)7-10/h2-8H,9H2,1H3,(H2,15,16). The number of anilines is 2. The molecule has 0 fully saturated rings. The van der Waals surface area contributed by atoms with E-state index in [9.17, 15) is 4.39 Å². The highest BCUT2D eigenvalue weighted by molar-refractivity contribution is 5.46. The normalized spacial score (nSPS) is 10.2. The first-order valence-electron chi connectivity index (χ1n) is 5.32. The Kier molecular flexibility index (Phi) is 3.23. The zero-order valence-corrected chi connectivity index (χ0v) is 9.60. The van der Waals surface area contributed by atoms with Gasteiger partial charge in [-0.15, -0.1) is 0 Å². The van der Waals surface area contributed by atoms with Crippen LogP contribution >= 0.6 is 0 Å². The van der Waals surface area contributed by atoms with Crippen molar-refractivity contribution in [2.75, 3.05) is 17.7 Å². The van der Waals surface area contributed by atoms with E-state index in [1.54, 1.807) is 12.3 Å².